The molecule has 3 heteroatoms. The van der Waals surface area contributed by atoms with Gasteiger partial charge in [-0.1, -0.05) is 29.8 Å². The van der Waals surface area contributed by atoms with E-state index in [1.807, 2.05) is 0 Å². The molecule has 0 saturated carbocycles. The Morgan fingerprint density at radius 2 is 1.94 bits per heavy atom. The second-order valence-corrected chi connectivity index (χ2v) is 4.84. The van der Waals surface area contributed by atoms with Crippen LogP contribution in [0, 0.1) is 6.92 Å². The first-order chi connectivity index (χ1) is 8.83. The van der Waals surface area contributed by atoms with E-state index in [9.17, 15) is 0 Å². The molecule has 2 aromatic rings. The standard InChI is InChI=1S/C15H17N3/c1-11-5-7-12(8-6-11)9-16-15-13-3-2-4-14(13)17-10-18-15/h5-8,10H,2-4,9H2,1H3,(H,16,17,18). The Labute approximate surface area is 107 Å². The fourth-order valence-corrected chi connectivity index (χ4v) is 2.40. The van der Waals surface area contributed by atoms with Crippen molar-refractivity contribution in [2.75, 3.05) is 5.32 Å². The molecule has 3 nitrogen and oxygen atoms in total. The van der Waals surface area contributed by atoms with Crippen LogP contribution in [0.2, 0.25) is 0 Å². The van der Waals surface area contributed by atoms with Crippen LogP contribution in [-0.4, -0.2) is 9.97 Å². The van der Waals surface area contributed by atoms with E-state index in [0.717, 1.165) is 25.2 Å². The predicted molar refractivity (Wildman–Crippen MR) is 72.6 cm³/mol. The Balaban J connectivity index is 1.74. The molecule has 0 amide bonds. The largest absolute Gasteiger partial charge is 0.366 e. The highest BCUT2D eigenvalue weighted by Crippen LogP contribution is 2.25. The number of nitrogens with zero attached hydrogens (tertiary/aromatic N) is 2. The van der Waals surface area contributed by atoms with Crippen LogP contribution in [-0.2, 0) is 19.4 Å². The molecule has 1 aliphatic carbocycles. The number of benzene rings is 1. The average Bonchev–Trinajstić information content (AvgIpc) is 2.87. The summed E-state index contributed by atoms with van der Waals surface area (Å²) in [5.41, 5.74) is 5.11. The van der Waals surface area contributed by atoms with Gasteiger partial charge < -0.3 is 5.32 Å². The number of hydrogen-bond acceptors (Lipinski definition) is 3. The third kappa shape index (κ3) is 2.21. The molecule has 1 aliphatic rings. The topological polar surface area (TPSA) is 37.8 Å². The van der Waals surface area contributed by atoms with Gasteiger partial charge in [-0.25, -0.2) is 9.97 Å². The average molecular weight is 239 g/mol. The van der Waals surface area contributed by atoms with E-state index in [-0.39, 0.29) is 0 Å². The lowest BCUT2D eigenvalue weighted by Crippen LogP contribution is -2.05. The molecule has 1 aromatic carbocycles. The molecule has 0 spiro atoms. The Bertz CT molecular complexity index is 546. The van der Waals surface area contributed by atoms with E-state index in [4.69, 9.17) is 0 Å². The summed E-state index contributed by atoms with van der Waals surface area (Å²) in [5.74, 6) is 1.01. The van der Waals surface area contributed by atoms with Gasteiger partial charge in [0, 0.05) is 17.8 Å². The maximum absolute atomic E-state index is 4.36. The third-order valence-corrected chi connectivity index (χ3v) is 3.46. The SMILES string of the molecule is Cc1ccc(CNc2ncnc3c2CCC3)cc1. The van der Waals surface area contributed by atoms with Gasteiger partial charge in [0.05, 0.1) is 0 Å². The van der Waals surface area contributed by atoms with Gasteiger partial charge in [0.25, 0.3) is 0 Å². The zero-order chi connectivity index (χ0) is 12.4. The van der Waals surface area contributed by atoms with Gasteiger partial charge >= 0.3 is 0 Å². The third-order valence-electron chi connectivity index (χ3n) is 3.46. The molecule has 1 N–H and O–H groups in total. The molecule has 0 fully saturated rings. The van der Waals surface area contributed by atoms with Gasteiger partial charge in [0.2, 0.25) is 0 Å². The number of anilines is 1. The normalized spacial score (nSPS) is 13.4. The van der Waals surface area contributed by atoms with Crippen molar-refractivity contribution in [1.29, 1.82) is 0 Å². The summed E-state index contributed by atoms with van der Waals surface area (Å²) >= 11 is 0. The number of hydrogen-bond donors (Lipinski definition) is 1. The van der Waals surface area contributed by atoms with Crippen molar-refractivity contribution in [3.05, 3.63) is 53.0 Å². The second kappa shape index (κ2) is 4.77. The maximum Gasteiger partial charge on any atom is 0.133 e. The summed E-state index contributed by atoms with van der Waals surface area (Å²) in [7, 11) is 0. The van der Waals surface area contributed by atoms with E-state index >= 15 is 0 Å². The van der Waals surface area contributed by atoms with Crippen LogP contribution < -0.4 is 5.32 Å². The number of aromatic nitrogens is 2. The predicted octanol–water partition coefficient (Wildman–Crippen LogP) is 2.89. The molecular formula is C15H17N3. The van der Waals surface area contributed by atoms with Crippen molar-refractivity contribution >= 4 is 5.82 Å². The van der Waals surface area contributed by atoms with E-state index in [1.54, 1.807) is 6.33 Å². The minimum Gasteiger partial charge on any atom is -0.366 e. The first kappa shape index (κ1) is 11.2. The van der Waals surface area contributed by atoms with Gasteiger partial charge in [0.15, 0.2) is 0 Å². The molecule has 0 atom stereocenters. The molecule has 0 saturated heterocycles. The van der Waals surface area contributed by atoms with Crippen molar-refractivity contribution < 1.29 is 0 Å². The summed E-state index contributed by atoms with van der Waals surface area (Å²) in [6.07, 6.45) is 5.07. The van der Waals surface area contributed by atoms with Crippen LogP contribution >= 0.6 is 0 Å². The Hall–Kier alpha value is -1.90. The molecule has 0 aliphatic heterocycles. The van der Waals surface area contributed by atoms with Crippen LogP contribution in [0.5, 0.6) is 0 Å². The smallest absolute Gasteiger partial charge is 0.133 e. The number of rotatable bonds is 3. The molecule has 1 heterocycles. The van der Waals surface area contributed by atoms with Crippen LogP contribution in [0.25, 0.3) is 0 Å². The first-order valence-electron chi connectivity index (χ1n) is 6.45. The van der Waals surface area contributed by atoms with Crippen molar-refractivity contribution in [2.24, 2.45) is 0 Å². The van der Waals surface area contributed by atoms with Crippen LogP contribution in [0.4, 0.5) is 5.82 Å². The van der Waals surface area contributed by atoms with E-state index in [1.165, 1.54) is 28.8 Å². The summed E-state index contributed by atoms with van der Waals surface area (Å²) in [4.78, 5) is 8.70. The molecular weight excluding hydrogens is 222 g/mol. The van der Waals surface area contributed by atoms with Crippen LogP contribution in [0.3, 0.4) is 0 Å². The van der Waals surface area contributed by atoms with Crippen molar-refractivity contribution in [2.45, 2.75) is 32.7 Å². The number of aryl methyl sites for hydroxylation is 2. The van der Waals surface area contributed by atoms with E-state index in [2.05, 4.69) is 46.5 Å². The van der Waals surface area contributed by atoms with Crippen LogP contribution in [0.1, 0.15) is 28.8 Å². The highest BCUT2D eigenvalue weighted by atomic mass is 15.0. The van der Waals surface area contributed by atoms with Crippen molar-refractivity contribution in [1.82, 2.24) is 9.97 Å². The second-order valence-electron chi connectivity index (χ2n) is 4.84. The summed E-state index contributed by atoms with van der Waals surface area (Å²) in [5, 5.41) is 3.43. The lowest BCUT2D eigenvalue weighted by molar-refractivity contribution is 0.899. The minimum absolute atomic E-state index is 0.823. The van der Waals surface area contributed by atoms with Gasteiger partial charge in [-0.15, -0.1) is 0 Å². The Morgan fingerprint density at radius 1 is 1.11 bits per heavy atom. The highest BCUT2D eigenvalue weighted by molar-refractivity contribution is 5.48. The quantitative estimate of drug-likeness (QED) is 0.895. The van der Waals surface area contributed by atoms with Crippen molar-refractivity contribution in [3.8, 4) is 0 Å². The lowest BCUT2D eigenvalue weighted by Gasteiger charge is -2.09. The summed E-state index contributed by atoms with van der Waals surface area (Å²) in [6, 6.07) is 8.59. The monoisotopic (exact) mass is 239 g/mol. The molecule has 0 unspecified atom stereocenters. The molecule has 0 radical (unpaired) electrons. The first-order valence-corrected chi connectivity index (χ1v) is 6.45. The van der Waals surface area contributed by atoms with E-state index in [0.29, 0.717) is 0 Å². The fourth-order valence-electron chi connectivity index (χ4n) is 2.40. The molecule has 92 valence electrons. The molecule has 18 heavy (non-hydrogen) atoms. The Kier molecular flexibility index (Phi) is 2.97. The summed E-state index contributed by atoms with van der Waals surface area (Å²) in [6.45, 7) is 2.93. The Morgan fingerprint density at radius 3 is 2.78 bits per heavy atom. The number of nitrogens with one attached hydrogen (secondary N) is 1. The van der Waals surface area contributed by atoms with Gasteiger partial charge in [-0.2, -0.15) is 0 Å². The molecule has 1 aromatic heterocycles. The van der Waals surface area contributed by atoms with Gasteiger partial charge in [0.1, 0.15) is 12.1 Å². The van der Waals surface area contributed by atoms with Crippen molar-refractivity contribution in [3.63, 3.8) is 0 Å². The van der Waals surface area contributed by atoms with Gasteiger partial charge in [-0.3, -0.25) is 0 Å². The zero-order valence-corrected chi connectivity index (χ0v) is 10.6. The van der Waals surface area contributed by atoms with Gasteiger partial charge in [-0.05, 0) is 31.7 Å². The maximum atomic E-state index is 4.36. The highest BCUT2D eigenvalue weighted by Gasteiger charge is 2.16. The van der Waals surface area contributed by atoms with E-state index < -0.39 is 0 Å². The van der Waals surface area contributed by atoms with Crippen LogP contribution in [0.15, 0.2) is 30.6 Å². The summed E-state index contributed by atoms with van der Waals surface area (Å²) < 4.78 is 0. The molecule has 0 bridgehead atoms. The molecule has 3 rings (SSSR count). The number of fused-ring (bicyclic) bond motifs is 1. The lowest BCUT2D eigenvalue weighted by atomic mass is 10.1. The fraction of sp³-hybridized carbons (Fsp3) is 0.333. The zero-order valence-electron chi connectivity index (χ0n) is 10.6. The minimum atomic E-state index is 0.823.